The molecule has 0 aliphatic carbocycles. The number of ether oxygens (including phenoxy) is 2. The van der Waals surface area contributed by atoms with Gasteiger partial charge in [0.05, 0.1) is 12.1 Å². The second-order valence-corrected chi connectivity index (χ2v) is 4.05. The van der Waals surface area contributed by atoms with Crippen molar-refractivity contribution in [3.05, 3.63) is 30.1 Å². The molecule has 92 valence electrons. The minimum atomic E-state index is -0.272. The highest BCUT2D eigenvalue weighted by Crippen LogP contribution is 2.17. The van der Waals surface area contributed by atoms with E-state index in [1.165, 1.54) is 12.1 Å². The molecule has 5 heteroatoms. The lowest BCUT2D eigenvalue weighted by Gasteiger charge is -2.16. The number of nitrogens with two attached hydrogens (primary N) is 1. The highest BCUT2D eigenvalue weighted by molar-refractivity contribution is 5.72. The third-order valence-electron chi connectivity index (χ3n) is 2.49. The van der Waals surface area contributed by atoms with E-state index < -0.39 is 0 Å². The number of hydrogen-bond acceptors (Lipinski definition) is 4. The van der Waals surface area contributed by atoms with Crippen LogP contribution in [0.3, 0.4) is 0 Å². The summed E-state index contributed by atoms with van der Waals surface area (Å²) in [6.07, 6.45) is 0.696. The molecule has 0 unspecified atom stereocenters. The van der Waals surface area contributed by atoms with Crippen molar-refractivity contribution in [2.24, 2.45) is 10.7 Å². The predicted molar refractivity (Wildman–Crippen MR) is 62.5 cm³/mol. The quantitative estimate of drug-likeness (QED) is 0.868. The van der Waals surface area contributed by atoms with Gasteiger partial charge in [0.25, 0.3) is 6.02 Å². The number of benzene rings is 1. The lowest BCUT2D eigenvalue weighted by atomic mass is 10.1. The first-order chi connectivity index (χ1) is 8.13. The molecular weight excluding hydrogens is 223 g/mol. The summed E-state index contributed by atoms with van der Waals surface area (Å²) in [5.41, 5.74) is 5.42. The van der Waals surface area contributed by atoms with Crippen LogP contribution in [-0.2, 0) is 4.74 Å². The monoisotopic (exact) mass is 238 g/mol. The molecule has 0 spiro atoms. The van der Waals surface area contributed by atoms with Gasteiger partial charge < -0.3 is 15.2 Å². The van der Waals surface area contributed by atoms with Crippen LogP contribution in [0.15, 0.2) is 29.3 Å². The first-order valence-electron chi connectivity index (χ1n) is 5.52. The van der Waals surface area contributed by atoms with E-state index in [4.69, 9.17) is 15.2 Å². The summed E-state index contributed by atoms with van der Waals surface area (Å²) in [6.45, 7) is 2.44. The molecule has 1 aliphatic heterocycles. The van der Waals surface area contributed by atoms with Crippen LogP contribution in [0.4, 0.5) is 4.39 Å². The lowest BCUT2D eigenvalue weighted by Crippen LogP contribution is -2.20. The molecule has 4 nitrogen and oxygen atoms in total. The Morgan fingerprint density at radius 2 is 2.24 bits per heavy atom. The highest BCUT2D eigenvalue weighted by atomic mass is 19.1. The normalized spacial score (nSPS) is 20.6. The average Bonchev–Trinajstić information content (AvgIpc) is 2.67. The molecule has 0 bridgehead atoms. The summed E-state index contributed by atoms with van der Waals surface area (Å²) >= 11 is 0. The Labute approximate surface area is 99.2 Å². The number of amidine groups is 1. The van der Waals surface area contributed by atoms with E-state index in [1.807, 2.05) is 6.92 Å². The Morgan fingerprint density at radius 3 is 2.82 bits per heavy atom. The van der Waals surface area contributed by atoms with E-state index in [1.54, 1.807) is 12.1 Å². The number of aliphatic imine (C=N–C) groups is 1. The van der Waals surface area contributed by atoms with E-state index in [9.17, 15) is 4.39 Å². The molecule has 0 saturated carbocycles. The van der Waals surface area contributed by atoms with E-state index in [2.05, 4.69) is 4.99 Å². The zero-order valence-corrected chi connectivity index (χ0v) is 9.60. The topological polar surface area (TPSA) is 56.8 Å². The van der Waals surface area contributed by atoms with Gasteiger partial charge in [0.15, 0.2) is 0 Å². The molecule has 0 amide bonds. The van der Waals surface area contributed by atoms with Crippen LogP contribution in [0.25, 0.3) is 0 Å². The van der Waals surface area contributed by atoms with Crippen LogP contribution in [-0.4, -0.2) is 24.8 Å². The Bertz CT molecular complexity index is 405. The number of hydrogen-bond donors (Lipinski definition) is 1. The fourth-order valence-electron chi connectivity index (χ4n) is 1.73. The first kappa shape index (κ1) is 11.7. The summed E-state index contributed by atoms with van der Waals surface area (Å²) in [5.74, 6) is 0.376. The molecule has 0 fully saturated rings. The minimum Gasteiger partial charge on any atom is -0.491 e. The van der Waals surface area contributed by atoms with Gasteiger partial charge >= 0.3 is 0 Å². The largest absolute Gasteiger partial charge is 0.491 e. The molecule has 0 saturated heterocycles. The van der Waals surface area contributed by atoms with Crippen molar-refractivity contribution in [1.82, 2.24) is 0 Å². The van der Waals surface area contributed by atoms with Crippen LogP contribution >= 0.6 is 0 Å². The maximum absolute atomic E-state index is 12.7. The van der Waals surface area contributed by atoms with E-state index in [-0.39, 0.29) is 24.0 Å². The van der Waals surface area contributed by atoms with Gasteiger partial charge in [-0.1, -0.05) is 0 Å². The van der Waals surface area contributed by atoms with Crippen molar-refractivity contribution in [3.8, 4) is 5.75 Å². The third kappa shape index (κ3) is 3.34. The molecule has 0 radical (unpaired) electrons. The summed E-state index contributed by atoms with van der Waals surface area (Å²) in [7, 11) is 0. The van der Waals surface area contributed by atoms with E-state index in [0.717, 1.165) is 6.42 Å². The molecule has 2 N–H and O–H groups in total. The van der Waals surface area contributed by atoms with Crippen LogP contribution in [0.5, 0.6) is 5.75 Å². The summed E-state index contributed by atoms with van der Waals surface area (Å²) in [4.78, 5) is 4.12. The van der Waals surface area contributed by atoms with Gasteiger partial charge in [-0.15, -0.1) is 0 Å². The number of rotatable bonds is 4. The second kappa shape index (κ2) is 5.03. The molecule has 17 heavy (non-hydrogen) atoms. The third-order valence-corrected chi connectivity index (χ3v) is 2.49. The summed E-state index contributed by atoms with van der Waals surface area (Å²) in [5, 5.41) is 0. The Hall–Kier alpha value is -1.78. The number of nitrogens with zero attached hydrogens (tertiary/aromatic N) is 1. The van der Waals surface area contributed by atoms with Gasteiger partial charge in [0.1, 0.15) is 18.2 Å². The summed E-state index contributed by atoms with van der Waals surface area (Å²) < 4.78 is 23.4. The standard InChI is InChI=1S/C12H15FN2O2/c1-8(6-10-7-16-12(14)15-10)17-11-4-2-9(13)3-5-11/h2-5,8,10H,6-7H2,1H3,(H2,14,15)/t8-,10+/m0/s1. The molecular formula is C12H15FN2O2. The van der Waals surface area contributed by atoms with Crippen LogP contribution in [0.2, 0.25) is 0 Å². The van der Waals surface area contributed by atoms with Crippen LogP contribution in [0, 0.1) is 5.82 Å². The second-order valence-electron chi connectivity index (χ2n) is 4.05. The molecule has 1 aliphatic rings. The smallest absolute Gasteiger partial charge is 0.282 e. The zero-order chi connectivity index (χ0) is 12.3. The fraction of sp³-hybridized carbons (Fsp3) is 0.417. The van der Waals surface area contributed by atoms with Crippen molar-refractivity contribution in [2.45, 2.75) is 25.5 Å². The fourth-order valence-corrected chi connectivity index (χ4v) is 1.73. The average molecular weight is 238 g/mol. The maximum atomic E-state index is 12.7. The number of halogens is 1. The van der Waals surface area contributed by atoms with Gasteiger partial charge in [0.2, 0.25) is 0 Å². The molecule has 1 aromatic rings. The highest BCUT2D eigenvalue weighted by Gasteiger charge is 2.20. The Kier molecular flexibility index (Phi) is 3.46. The zero-order valence-electron chi connectivity index (χ0n) is 9.60. The van der Waals surface area contributed by atoms with E-state index >= 15 is 0 Å². The van der Waals surface area contributed by atoms with Gasteiger partial charge in [0, 0.05) is 6.42 Å². The van der Waals surface area contributed by atoms with Gasteiger partial charge in [-0.25, -0.2) is 9.38 Å². The Morgan fingerprint density at radius 1 is 1.53 bits per heavy atom. The Balaban J connectivity index is 1.85. The van der Waals surface area contributed by atoms with Crippen molar-refractivity contribution in [3.63, 3.8) is 0 Å². The van der Waals surface area contributed by atoms with Crippen molar-refractivity contribution in [1.29, 1.82) is 0 Å². The SMILES string of the molecule is C[C@@H](C[C@@H]1COC(N)=N1)Oc1ccc(F)cc1. The van der Waals surface area contributed by atoms with Gasteiger partial charge in [-0.2, -0.15) is 0 Å². The molecule has 1 aromatic carbocycles. The van der Waals surface area contributed by atoms with Crippen molar-refractivity contribution < 1.29 is 13.9 Å². The van der Waals surface area contributed by atoms with Crippen molar-refractivity contribution >= 4 is 6.02 Å². The van der Waals surface area contributed by atoms with Crippen LogP contribution < -0.4 is 10.5 Å². The van der Waals surface area contributed by atoms with E-state index in [0.29, 0.717) is 12.4 Å². The molecule has 2 rings (SSSR count). The van der Waals surface area contributed by atoms with Crippen LogP contribution in [0.1, 0.15) is 13.3 Å². The van der Waals surface area contributed by atoms with Crippen molar-refractivity contribution in [2.75, 3.05) is 6.61 Å². The van der Waals surface area contributed by atoms with Gasteiger partial charge in [-0.3, -0.25) is 0 Å². The molecule has 0 aromatic heterocycles. The predicted octanol–water partition coefficient (Wildman–Crippen LogP) is 1.70. The first-order valence-corrected chi connectivity index (χ1v) is 5.52. The summed E-state index contributed by atoms with van der Waals surface area (Å²) in [6, 6.07) is 6.24. The van der Waals surface area contributed by atoms with Gasteiger partial charge in [-0.05, 0) is 31.2 Å². The molecule has 2 atom stereocenters. The maximum Gasteiger partial charge on any atom is 0.282 e. The minimum absolute atomic E-state index is 0.0243. The lowest BCUT2D eigenvalue weighted by molar-refractivity contribution is 0.189. The molecule has 1 heterocycles.